The van der Waals surface area contributed by atoms with Gasteiger partial charge in [-0.1, -0.05) is 19.3 Å². The van der Waals surface area contributed by atoms with Gasteiger partial charge in [-0.15, -0.1) is 0 Å². The zero-order valence-corrected chi connectivity index (χ0v) is 10.4. The highest BCUT2D eigenvalue weighted by atomic mass is 15.2. The van der Waals surface area contributed by atoms with Crippen LogP contribution >= 0.6 is 0 Å². The molecule has 0 amide bonds. The van der Waals surface area contributed by atoms with Crippen LogP contribution in [0, 0.1) is 0 Å². The fourth-order valence-electron chi connectivity index (χ4n) is 3.22. The van der Waals surface area contributed by atoms with Crippen molar-refractivity contribution in [3.8, 4) is 0 Å². The maximum Gasteiger partial charge on any atom is 0.0182 e. The monoisotopic (exact) mass is 210 g/mol. The van der Waals surface area contributed by atoms with Crippen LogP contribution in [0.5, 0.6) is 0 Å². The quantitative estimate of drug-likeness (QED) is 0.715. The van der Waals surface area contributed by atoms with E-state index in [4.69, 9.17) is 0 Å². The molecule has 0 radical (unpaired) electrons. The summed E-state index contributed by atoms with van der Waals surface area (Å²) in [4.78, 5) is 2.76. The van der Waals surface area contributed by atoms with Crippen molar-refractivity contribution in [2.24, 2.45) is 0 Å². The zero-order valence-electron chi connectivity index (χ0n) is 10.4. The molecule has 1 aliphatic carbocycles. The molecular formula is C13H26N2. The SMILES string of the molecule is CC1CN(C2(C)CCCCC2)CCCN1. The molecule has 1 heterocycles. The lowest BCUT2D eigenvalue weighted by atomic mass is 9.81. The van der Waals surface area contributed by atoms with Crippen molar-refractivity contribution < 1.29 is 0 Å². The first-order valence-corrected chi connectivity index (χ1v) is 6.69. The number of hydrogen-bond donors (Lipinski definition) is 1. The summed E-state index contributed by atoms with van der Waals surface area (Å²) in [6.45, 7) is 8.56. The van der Waals surface area contributed by atoms with E-state index < -0.39 is 0 Å². The zero-order chi connectivity index (χ0) is 10.7. The Morgan fingerprint density at radius 1 is 1.13 bits per heavy atom. The second kappa shape index (κ2) is 4.84. The second-order valence-corrected chi connectivity index (χ2v) is 5.71. The highest BCUT2D eigenvalue weighted by molar-refractivity contribution is 4.91. The Bertz CT molecular complexity index is 197. The topological polar surface area (TPSA) is 15.3 Å². The van der Waals surface area contributed by atoms with Gasteiger partial charge in [0.2, 0.25) is 0 Å². The summed E-state index contributed by atoms with van der Waals surface area (Å²) in [5, 5.41) is 3.59. The van der Waals surface area contributed by atoms with Gasteiger partial charge in [-0.05, 0) is 46.2 Å². The molecule has 0 bridgehead atoms. The molecule has 1 atom stereocenters. The Kier molecular flexibility index (Phi) is 3.68. The van der Waals surface area contributed by atoms with Crippen LogP contribution in [0.25, 0.3) is 0 Å². The van der Waals surface area contributed by atoms with E-state index in [1.165, 1.54) is 58.2 Å². The van der Waals surface area contributed by atoms with E-state index in [2.05, 4.69) is 24.1 Å². The van der Waals surface area contributed by atoms with Gasteiger partial charge in [-0.3, -0.25) is 4.90 Å². The molecule has 0 aromatic heterocycles. The second-order valence-electron chi connectivity index (χ2n) is 5.71. The molecule has 1 saturated heterocycles. The normalized spacial score (nSPS) is 33.6. The van der Waals surface area contributed by atoms with Gasteiger partial charge in [0.15, 0.2) is 0 Å². The molecule has 1 N–H and O–H groups in total. The molecule has 2 fully saturated rings. The first-order valence-electron chi connectivity index (χ1n) is 6.69. The average Bonchev–Trinajstić information content (AvgIpc) is 2.44. The van der Waals surface area contributed by atoms with E-state index in [0.29, 0.717) is 11.6 Å². The summed E-state index contributed by atoms with van der Waals surface area (Å²) in [5.41, 5.74) is 0.512. The minimum atomic E-state index is 0.512. The Balaban J connectivity index is 1.99. The van der Waals surface area contributed by atoms with Gasteiger partial charge in [-0.2, -0.15) is 0 Å². The molecule has 0 spiro atoms. The van der Waals surface area contributed by atoms with E-state index in [0.717, 1.165) is 0 Å². The number of nitrogens with zero attached hydrogens (tertiary/aromatic N) is 1. The van der Waals surface area contributed by atoms with E-state index in [-0.39, 0.29) is 0 Å². The third-order valence-corrected chi connectivity index (χ3v) is 4.29. The van der Waals surface area contributed by atoms with Crippen LogP contribution in [0.15, 0.2) is 0 Å². The predicted octanol–water partition coefficient (Wildman–Crippen LogP) is 2.39. The maximum atomic E-state index is 3.59. The minimum Gasteiger partial charge on any atom is -0.313 e. The van der Waals surface area contributed by atoms with Crippen molar-refractivity contribution in [3.05, 3.63) is 0 Å². The molecule has 1 aliphatic heterocycles. The summed E-state index contributed by atoms with van der Waals surface area (Å²) in [5.74, 6) is 0. The van der Waals surface area contributed by atoms with Crippen molar-refractivity contribution in [3.63, 3.8) is 0 Å². The van der Waals surface area contributed by atoms with Gasteiger partial charge in [-0.25, -0.2) is 0 Å². The molecule has 88 valence electrons. The van der Waals surface area contributed by atoms with Crippen molar-refractivity contribution in [2.75, 3.05) is 19.6 Å². The van der Waals surface area contributed by atoms with E-state index >= 15 is 0 Å². The highest BCUT2D eigenvalue weighted by Crippen LogP contribution is 2.33. The lowest BCUT2D eigenvalue weighted by molar-refractivity contribution is 0.0659. The molecule has 2 heteroatoms. The molecule has 1 unspecified atom stereocenters. The summed E-state index contributed by atoms with van der Waals surface area (Å²) >= 11 is 0. The molecule has 0 aromatic carbocycles. The van der Waals surface area contributed by atoms with Crippen LogP contribution in [0.3, 0.4) is 0 Å². The van der Waals surface area contributed by atoms with Crippen LogP contribution in [0.4, 0.5) is 0 Å². The van der Waals surface area contributed by atoms with Crippen LogP contribution in [0.2, 0.25) is 0 Å². The van der Waals surface area contributed by atoms with Gasteiger partial charge in [0.25, 0.3) is 0 Å². The van der Waals surface area contributed by atoms with Crippen LogP contribution in [-0.4, -0.2) is 36.1 Å². The van der Waals surface area contributed by atoms with Crippen molar-refractivity contribution in [2.45, 2.75) is 64.0 Å². The van der Waals surface area contributed by atoms with Crippen molar-refractivity contribution in [1.29, 1.82) is 0 Å². The molecule has 1 saturated carbocycles. The van der Waals surface area contributed by atoms with Gasteiger partial charge in [0.05, 0.1) is 0 Å². The van der Waals surface area contributed by atoms with Gasteiger partial charge >= 0.3 is 0 Å². The standard InChI is InChI=1S/C13H26N2/c1-12-11-15(10-6-9-14-12)13(2)7-4-3-5-8-13/h12,14H,3-11H2,1-2H3. The Morgan fingerprint density at radius 3 is 2.60 bits per heavy atom. The van der Waals surface area contributed by atoms with Gasteiger partial charge in [0.1, 0.15) is 0 Å². The lowest BCUT2D eigenvalue weighted by Crippen LogP contribution is -2.50. The van der Waals surface area contributed by atoms with Crippen molar-refractivity contribution >= 4 is 0 Å². The average molecular weight is 210 g/mol. The molecule has 2 nitrogen and oxygen atoms in total. The smallest absolute Gasteiger partial charge is 0.0182 e. The Labute approximate surface area is 94.4 Å². The lowest BCUT2D eigenvalue weighted by Gasteiger charge is -2.44. The fourth-order valence-corrected chi connectivity index (χ4v) is 3.22. The van der Waals surface area contributed by atoms with Crippen LogP contribution in [-0.2, 0) is 0 Å². The Morgan fingerprint density at radius 2 is 1.87 bits per heavy atom. The predicted molar refractivity (Wildman–Crippen MR) is 65.1 cm³/mol. The van der Waals surface area contributed by atoms with Crippen molar-refractivity contribution in [1.82, 2.24) is 10.2 Å². The summed E-state index contributed by atoms with van der Waals surface area (Å²) in [6.07, 6.45) is 8.49. The summed E-state index contributed by atoms with van der Waals surface area (Å²) < 4.78 is 0. The molecule has 15 heavy (non-hydrogen) atoms. The largest absolute Gasteiger partial charge is 0.313 e. The summed E-state index contributed by atoms with van der Waals surface area (Å²) in [7, 11) is 0. The minimum absolute atomic E-state index is 0.512. The van der Waals surface area contributed by atoms with Crippen LogP contribution < -0.4 is 5.32 Å². The Hall–Kier alpha value is -0.0800. The fraction of sp³-hybridized carbons (Fsp3) is 1.00. The number of rotatable bonds is 1. The molecule has 0 aromatic rings. The number of hydrogen-bond acceptors (Lipinski definition) is 2. The van der Waals surface area contributed by atoms with E-state index in [1.54, 1.807) is 0 Å². The first-order chi connectivity index (χ1) is 7.21. The highest BCUT2D eigenvalue weighted by Gasteiger charge is 2.34. The summed E-state index contributed by atoms with van der Waals surface area (Å²) in [6, 6.07) is 0.672. The molecule has 2 rings (SSSR count). The van der Waals surface area contributed by atoms with E-state index in [9.17, 15) is 0 Å². The molecule has 2 aliphatic rings. The third kappa shape index (κ3) is 2.73. The van der Waals surface area contributed by atoms with Crippen LogP contribution in [0.1, 0.15) is 52.4 Å². The number of nitrogens with one attached hydrogen (secondary N) is 1. The van der Waals surface area contributed by atoms with Gasteiger partial charge in [0, 0.05) is 18.1 Å². The first kappa shape index (κ1) is 11.4. The van der Waals surface area contributed by atoms with Gasteiger partial charge < -0.3 is 5.32 Å². The third-order valence-electron chi connectivity index (χ3n) is 4.29. The van der Waals surface area contributed by atoms with E-state index in [1.807, 2.05) is 0 Å². The maximum absolute atomic E-state index is 3.59. The molecular weight excluding hydrogens is 184 g/mol.